The molecule has 0 spiro atoms. The molecule has 0 radical (unpaired) electrons. The lowest BCUT2D eigenvalue weighted by atomic mass is 9.76. The predicted molar refractivity (Wildman–Crippen MR) is 79.4 cm³/mol. The van der Waals surface area contributed by atoms with Crippen LogP contribution in [0, 0.1) is 0 Å². The molecule has 0 atom stereocenters. The number of aromatic amines is 1. The quantitative estimate of drug-likeness (QED) is 0.748. The van der Waals surface area contributed by atoms with E-state index in [1.807, 2.05) is 6.07 Å². The van der Waals surface area contributed by atoms with E-state index in [4.69, 9.17) is 5.73 Å². The number of fused-ring (bicyclic) bond motifs is 1. The van der Waals surface area contributed by atoms with E-state index in [0.717, 1.165) is 29.7 Å². The van der Waals surface area contributed by atoms with Crippen molar-refractivity contribution in [1.82, 2.24) is 9.97 Å². The fourth-order valence-corrected chi connectivity index (χ4v) is 3.41. The van der Waals surface area contributed by atoms with E-state index in [1.54, 1.807) is 11.3 Å². The molecular formula is C15H15N3S. The lowest BCUT2D eigenvalue weighted by Gasteiger charge is -2.32. The number of hydrogen-bond donors (Lipinski definition) is 2. The maximum atomic E-state index is 5.87. The normalized spacial score (nSPS) is 22.6. The highest BCUT2D eigenvalue weighted by Gasteiger charge is 2.27. The molecule has 0 aliphatic heterocycles. The van der Waals surface area contributed by atoms with Crippen LogP contribution in [-0.4, -0.2) is 16.0 Å². The number of rotatable bonds is 2. The predicted octanol–water partition coefficient (Wildman–Crippen LogP) is 3.50. The van der Waals surface area contributed by atoms with Crippen molar-refractivity contribution in [3.8, 4) is 10.7 Å². The van der Waals surface area contributed by atoms with E-state index in [9.17, 15) is 0 Å². The van der Waals surface area contributed by atoms with Gasteiger partial charge in [0.25, 0.3) is 0 Å². The van der Waals surface area contributed by atoms with Crippen molar-refractivity contribution in [2.24, 2.45) is 5.73 Å². The number of imidazole rings is 1. The Bertz CT molecular complexity index is 708. The summed E-state index contributed by atoms with van der Waals surface area (Å²) in [6.07, 6.45) is 2.22. The fraction of sp³-hybridized carbons (Fsp3) is 0.267. The molecular weight excluding hydrogens is 254 g/mol. The topological polar surface area (TPSA) is 54.7 Å². The number of nitrogens with one attached hydrogen (secondary N) is 1. The first-order chi connectivity index (χ1) is 9.29. The van der Waals surface area contributed by atoms with Crippen LogP contribution in [0.4, 0.5) is 0 Å². The molecule has 3 nitrogen and oxygen atoms in total. The van der Waals surface area contributed by atoms with Gasteiger partial charge in [0.1, 0.15) is 5.82 Å². The molecule has 4 heteroatoms. The molecule has 0 amide bonds. The Kier molecular flexibility index (Phi) is 2.47. The number of aromatic nitrogens is 2. The summed E-state index contributed by atoms with van der Waals surface area (Å²) in [6.45, 7) is 0. The smallest absolute Gasteiger partial charge is 0.148 e. The van der Waals surface area contributed by atoms with Crippen LogP contribution in [0.15, 0.2) is 35.7 Å². The van der Waals surface area contributed by atoms with Gasteiger partial charge in [-0.25, -0.2) is 4.98 Å². The van der Waals surface area contributed by atoms with Crippen LogP contribution in [0.1, 0.15) is 24.3 Å². The van der Waals surface area contributed by atoms with E-state index < -0.39 is 0 Å². The molecule has 3 aromatic rings. The van der Waals surface area contributed by atoms with Gasteiger partial charge in [0, 0.05) is 6.04 Å². The first-order valence-corrected chi connectivity index (χ1v) is 7.47. The summed E-state index contributed by atoms with van der Waals surface area (Å²) >= 11 is 1.71. The van der Waals surface area contributed by atoms with E-state index in [1.165, 1.54) is 10.4 Å². The molecule has 1 fully saturated rings. The van der Waals surface area contributed by atoms with Gasteiger partial charge in [-0.3, -0.25) is 0 Å². The molecule has 96 valence electrons. The molecule has 1 aliphatic rings. The SMILES string of the molecule is NC1CC(c2ccc3nc(-c4cccs4)[nH]c3c2)C1. The van der Waals surface area contributed by atoms with Crippen molar-refractivity contribution < 1.29 is 0 Å². The van der Waals surface area contributed by atoms with Gasteiger partial charge in [0.05, 0.1) is 15.9 Å². The third-order valence-electron chi connectivity index (χ3n) is 3.91. The first kappa shape index (κ1) is 11.2. The monoisotopic (exact) mass is 269 g/mol. The molecule has 1 aromatic carbocycles. The Morgan fingerprint density at radius 2 is 2.16 bits per heavy atom. The Morgan fingerprint density at radius 1 is 1.26 bits per heavy atom. The zero-order chi connectivity index (χ0) is 12.8. The molecule has 3 N–H and O–H groups in total. The second-order valence-corrected chi connectivity index (χ2v) is 6.22. The molecule has 2 aromatic heterocycles. The molecule has 1 aliphatic carbocycles. The summed E-state index contributed by atoms with van der Waals surface area (Å²) in [7, 11) is 0. The zero-order valence-electron chi connectivity index (χ0n) is 10.5. The number of benzene rings is 1. The molecule has 19 heavy (non-hydrogen) atoms. The largest absolute Gasteiger partial charge is 0.337 e. The van der Waals surface area contributed by atoms with Gasteiger partial charge in [0.2, 0.25) is 0 Å². The van der Waals surface area contributed by atoms with E-state index in [-0.39, 0.29) is 0 Å². The highest BCUT2D eigenvalue weighted by Crippen LogP contribution is 2.36. The number of H-pyrrole nitrogens is 1. The highest BCUT2D eigenvalue weighted by molar-refractivity contribution is 7.13. The number of nitrogens with two attached hydrogens (primary N) is 1. The minimum atomic E-state index is 0.393. The minimum absolute atomic E-state index is 0.393. The van der Waals surface area contributed by atoms with Crippen molar-refractivity contribution in [3.05, 3.63) is 41.3 Å². The Morgan fingerprint density at radius 3 is 2.89 bits per heavy atom. The van der Waals surface area contributed by atoms with Gasteiger partial charge < -0.3 is 10.7 Å². The Balaban J connectivity index is 1.73. The zero-order valence-corrected chi connectivity index (χ0v) is 11.3. The number of thiophene rings is 1. The summed E-state index contributed by atoms with van der Waals surface area (Å²) in [6, 6.07) is 11.1. The van der Waals surface area contributed by atoms with E-state index in [2.05, 4.69) is 39.6 Å². The molecule has 0 saturated heterocycles. The molecule has 1 saturated carbocycles. The van der Waals surface area contributed by atoms with E-state index >= 15 is 0 Å². The number of nitrogens with zero attached hydrogens (tertiary/aromatic N) is 1. The number of hydrogen-bond acceptors (Lipinski definition) is 3. The van der Waals surface area contributed by atoms with Crippen molar-refractivity contribution in [1.29, 1.82) is 0 Å². The van der Waals surface area contributed by atoms with Crippen molar-refractivity contribution >= 4 is 22.4 Å². The third kappa shape index (κ3) is 1.88. The van der Waals surface area contributed by atoms with Gasteiger partial charge in [-0.2, -0.15) is 0 Å². The maximum Gasteiger partial charge on any atom is 0.148 e. The fourth-order valence-electron chi connectivity index (χ4n) is 2.75. The third-order valence-corrected chi connectivity index (χ3v) is 4.78. The highest BCUT2D eigenvalue weighted by atomic mass is 32.1. The average molecular weight is 269 g/mol. The molecule has 4 rings (SSSR count). The van der Waals surface area contributed by atoms with E-state index in [0.29, 0.717) is 12.0 Å². The van der Waals surface area contributed by atoms with Crippen LogP contribution in [0.25, 0.3) is 21.7 Å². The van der Waals surface area contributed by atoms with Crippen molar-refractivity contribution in [3.63, 3.8) is 0 Å². The second-order valence-electron chi connectivity index (χ2n) is 5.27. The van der Waals surface area contributed by atoms with Crippen molar-refractivity contribution in [2.75, 3.05) is 0 Å². The summed E-state index contributed by atoms with van der Waals surface area (Å²) in [5.41, 5.74) is 9.42. The van der Waals surface area contributed by atoms with Gasteiger partial charge in [-0.1, -0.05) is 12.1 Å². The van der Waals surface area contributed by atoms with Crippen molar-refractivity contribution in [2.45, 2.75) is 24.8 Å². The van der Waals surface area contributed by atoms with Crippen LogP contribution in [-0.2, 0) is 0 Å². The lowest BCUT2D eigenvalue weighted by molar-refractivity contribution is 0.352. The first-order valence-electron chi connectivity index (χ1n) is 6.59. The van der Waals surface area contributed by atoms with Gasteiger partial charge >= 0.3 is 0 Å². The van der Waals surface area contributed by atoms with Crippen LogP contribution in [0.3, 0.4) is 0 Å². The summed E-state index contributed by atoms with van der Waals surface area (Å²) in [4.78, 5) is 9.25. The van der Waals surface area contributed by atoms with Crippen LogP contribution in [0.2, 0.25) is 0 Å². The maximum absolute atomic E-state index is 5.87. The second kappa shape index (κ2) is 4.18. The minimum Gasteiger partial charge on any atom is -0.337 e. The lowest BCUT2D eigenvalue weighted by Crippen LogP contribution is -2.34. The Hall–Kier alpha value is -1.65. The Labute approximate surface area is 115 Å². The summed E-state index contributed by atoms with van der Waals surface area (Å²) < 4.78 is 0. The summed E-state index contributed by atoms with van der Waals surface area (Å²) in [5, 5.41) is 2.07. The van der Waals surface area contributed by atoms with Gasteiger partial charge in [0.15, 0.2) is 0 Å². The standard InChI is InChI=1S/C15H15N3S/c16-11-6-10(7-11)9-3-4-12-13(8-9)18-15(17-12)14-2-1-5-19-14/h1-5,8,10-11H,6-7,16H2,(H,17,18). The van der Waals surface area contributed by atoms with Gasteiger partial charge in [-0.15, -0.1) is 11.3 Å². The molecule has 2 heterocycles. The van der Waals surface area contributed by atoms with Crippen LogP contribution >= 0.6 is 11.3 Å². The van der Waals surface area contributed by atoms with Crippen LogP contribution < -0.4 is 5.73 Å². The van der Waals surface area contributed by atoms with Gasteiger partial charge in [-0.05, 0) is 47.9 Å². The summed E-state index contributed by atoms with van der Waals surface area (Å²) in [5.74, 6) is 1.60. The molecule has 0 bridgehead atoms. The molecule has 0 unspecified atom stereocenters. The average Bonchev–Trinajstić information content (AvgIpc) is 3.02. The van der Waals surface area contributed by atoms with Crippen LogP contribution in [0.5, 0.6) is 0 Å².